The van der Waals surface area contributed by atoms with Gasteiger partial charge in [0.05, 0.1) is 22.7 Å². The van der Waals surface area contributed by atoms with Gasteiger partial charge in [0.25, 0.3) is 0 Å². The van der Waals surface area contributed by atoms with Crippen LogP contribution in [0, 0.1) is 16.0 Å². The number of nitrogens with one attached hydrogen (secondary N) is 2. The molecule has 0 saturated carbocycles. The van der Waals surface area contributed by atoms with Gasteiger partial charge in [-0.3, -0.25) is 34.4 Å². The number of Topliss-reactive ketones (excluding diaryl/α,β-unsaturated/α-hetero) is 1. The molecular formula is C27H25F3N4O8. The summed E-state index contributed by atoms with van der Waals surface area (Å²) >= 11 is 0. The summed E-state index contributed by atoms with van der Waals surface area (Å²) < 4.78 is 47.0. The molecule has 0 aliphatic heterocycles. The summed E-state index contributed by atoms with van der Waals surface area (Å²) in [6.07, 6.45) is -6.06. The lowest BCUT2D eigenvalue weighted by Crippen LogP contribution is -2.29. The summed E-state index contributed by atoms with van der Waals surface area (Å²) in [6.45, 7) is 1.35. The third kappa shape index (κ3) is 7.93. The van der Waals surface area contributed by atoms with Gasteiger partial charge in [-0.1, -0.05) is 44.2 Å². The Bertz CT molecular complexity index is 1570. The lowest BCUT2D eigenvalue weighted by Gasteiger charge is -2.18. The molecule has 0 aliphatic rings. The van der Waals surface area contributed by atoms with Crippen LogP contribution in [-0.4, -0.2) is 39.0 Å². The van der Waals surface area contributed by atoms with Crippen molar-refractivity contribution in [2.75, 3.05) is 17.2 Å². The minimum Gasteiger partial charge on any atom is -0.480 e. The number of carbonyl (C=O) groups excluding carboxylic acids is 2. The fraction of sp³-hybridized carbons (Fsp3) is 0.259. The number of benzene rings is 2. The van der Waals surface area contributed by atoms with E-state index in [4.69, 9.17) is 4.74 Å². The number of ether oxygens (including phenoxy) is 1. The van der Waals surface area contributed by atoms with Crippen LogP contribution in [-0.2, 0) is 33.7 Å². The molecule has 0 spiro atoms. The Hall–Kier alpha value is -5.21. The zero-order chi connectivity index (χ0) is 31.2. The first-order valence-corrected chi connectivity index (χ1v) is 12.3. The number of halogens is 3. The van der Waals surface area contributed by atoms with Crippen molar-refractivity contribution in [2.24, 2.45) is 5.92 Å². The summed E-state index contributed by atoms with van der Waals surface area (Å²) in [5.41, 5.74) is -5.01. The number of aromatic nitrogens is 1. The molecule has 0 atom stereocenters. The van der Waals surface area contributed by atoms with E-state index in [1.54, 1.807) is 44.2 Å². The van der Waals surface area contributed by atoms with E-state index in [1.165, 1.54) is 0 Å². The number of ketones is 1. The first-order chi connectivity index (χ1) is 19.7. The van der Waals surface area contributed by atoms with E-state index in [-0.39, 0.29) is 12.4 Å². The molecule has 1 heterocycles. The van der Waals surface area contributed by atoms with Crippen molar-refractivity contribution in [2.45, 2.75) is 33.2 Å². The van der Waals surface area contributed by atoms with E-state index in [9.17, 15) is 47.6 Å². The number of nitrogens with zero attached hydrogens (tertiary/aromatic N) is 2. The van der Waals surface area contributed by atoms with Crippen molar-refractivity contribution in [3.63, 3.8) is 0 Å². The van der Waals surface area contributed by atoms with E-state index >= 15 is 0 Å². The average molecular weight is 591 g/mol. The van der Waals surface area contributed by atoms with Gasteiger partial charge in [0.2, 0.25) is 0 Å². The Morgan fingerprint density at radius 1 is 1.10 bits per heavy atom. The Balaban J connectivity index is 2.14. The number of hydrogen-bond acceptors (Lipinski definition) is 8. The maximum atomic E-state index is 13.8. The van der Waals surface area contributed by atoms with Crippen molar-refractivity contribution < 1.29 is 42.3 Å². The van der Waals surface area contributed by atoms with Crippen LogP contribution in [0.25, 0.3) is 11.3 Å². The summed E-state index contributed by atoms with van der Waals surface area (Å²) in [4.78, 5) is 59.8. The summed E-state index contributed by atoms with van der Waals surface area (Å²) in [6, 6.07) is 11.5. The molecular weight excluding hydrogens is 565 g/mol. The third-order valence-electron chi connectivity index (χ3n) is 5.86. The summed E-state index contributed by atoms with van der Waals surface area (Å²) in [5.74, 6) is -2.49. The van der Waals surface area contributed by atoms with Gasteiger partial charge in [-0.2, -0.15) is 13.2 Å². The highest BCUT2D eigenvalue weighted by atomic mass is 19.4. The van der Waals surface area contributed by atoms with Crippen molar-refractivity contribution in [1.29, 1.82) is 0 Å². The van der Waals surface area contributed by atoms with Gasteiger partial charge < -0.3 is 15.2 Å². The van der Waals surface area contributed by atoms with E-state index in [0.717, 1.165) is 12.1 Å². The van der Waals surface area contributed by atoms with Crippen LogP contribution >= 0.6 is 0 Å². The Labute approximate surface area is 235 Å². The number of nitro groups is 1. The van der Waals surface area contributed by atoms with Gasteiger partial charge in [0.1, 0.15) is 18.8 Å². The van der Waals surface area contributed by atoms with Crippen molar-refractivity contribution in [3.8, 4) is 11.3 Å². The normalized spacial score (nSPS) is 11.2. The molecule has 0 unspecified atom stereocenters. The molecule has 2 aromatic carbocycles. The first-order valence-electron chi connectivity index (χ1n) is 12.3. The molecule has 0 aliphatic carbocycles. The monoisotopic (exact) mass is 590 g/mol. The maximum absolute atomic E-state index is 13.8. The molecule has 1 aromatic heterocycles. The van der Waals surface area contributed by atoms with Crippen molar-refractivity contribution in [3.05, 3.63) is 86.2 Å². The number of carbonyl (C=O) groups is 3. The molecule has 12 nitrogen and oxygen atoms in total. The Morgan fingerprint density at radius 2 is 1.76 bits per heavy atom. The van der Waals surface area contributed by atoms with Gasteiger partial charge in [-0.25, -0.2) is 4.79 Å². The Morgan fingerprint density at radius 3 is 2.33 bits per heavy atom. The van der Waals surface area contributed by atoms with Crippen molar-refractivity contribution >= 4 is 34.9 Å². The van der Waals surface area contributed by atoms with Crippen LogP contribution in [0.3, 0.4) is 0 Å². The first kappa shape index (κ1) is 31.3. The molecule has 0 radical (unpaired) electrons. The quantitative estimate of drug-likeness (QED) is 0.207. The molecule has 0 saturated heterocycles. The zero-order valence-corrected chi connectivity index (χ0v) is 22.2. The van der Waals surface area contributed by atoms with Crippen LogP contribution in [0.4, 0.5) is 35.0 Å². The molecule has 42 heavy (non-hydrogen) atoms. The van der Waals surface area contributed by atoms with E-state index < -0.39 is 81.6 Å². The predicted octanol–water partition coefficient (Wildman–Crippen LogP) is 4.91. The van der Waals surface area contributed by atoms with Gasteiger partial charge in [0.15, 0.2) is 5.78 Å². The third-order valence-corrected chi connectivity index (χ3v) is 5.86. The minimum absolute atomic E-state index is 0.191. The smallest absolute Gasteiger partial charge is 0.416 e. The number of anilines is 2. The number of hydrogen-bond donors (Lipinski definition) is 3. The number of amides is 1. The molecule has 1 amide bonds. The van der Waals surface area contributed by atoms with Gasteiger partial charge in [-0.15, -0.1) is 0 Å². The molecule has 3 aromatic rings. The van der Waals surface area contributed by atoms with Crippen LogP contribution in [0.15, 0.2) is 59.4 Å². The van der Waals surface area contributed by atoms with Crippen molar-refractivity contribution in [1.82, 2.24) is 4.57 Å². The topological polar surface area (TPSA) is 170 Å². The Kier molecular flexibility index (Phi) is 9.67. The average Bonchev–Trinajstić information content (AvgIpc) is 2.91. The lowest BCUT2D eigenvalue weighted by atomic mass is 10.0. The van der Waals surface area contributed by atoms with Crippen LogP contribution in [0.5, 0.6) is 0 Å². The second-order valence-electron chi connectivity index (χ2n) is 9.29. The predicted molar refractivity (Wildman–Crippen MR) is 144 cm³/mol. The van der Waals surface area contributed by atoms with Crippen LogP contribution < -0.4 is 16.2 Å². The number of carboxylic acids is 1. The summed E-state index contributed by atoms with van der Waals surface area (Å²) in [5, 5.41) is 25.7. The molecule has 3 N–H and O–H groups in total. The number of alkyl halides is 3. The van der Waals surface area contributed by atoms with Crippen LogP contribution in [0.1, 0.15) is 25.0 Å². The van der Waals surface area contributed by atoms with Crippen LogP contribution in [0.2, 0.25) is 0 Å². The van der Waals surface area contributed by atoms with E-state index in [0.29, 0.717) is 22.3 Å². The van der Waals surface area contributed by atoms with E-state index in [2.05, 4.69) is 10.6 Å². The number of pyridine rings is 1. The SMILES string of the molecule is CC(C)C(=O)CNc1cc(-c2cc(NC(=O)OCc3ccccc3)cc(C(F)(F)F)c2)n(CC(=O)O)c(=O)c1[N+](=O)[O-]. The van der Waals surface area contributed by atoms with Gasteiger partial charge in [0, 0.05) is 17.2 Å². The minimum atomic E-state index is -4.95. The second kappa shape index (κ2) is 13.0. The second-order valence-corrected chi connectivity index (χ2v) is 9.29. The number of rotatable bonds is 11. The van der Waals surface area contributed by atoms with Gasteiger partial charge >= 0.3 is 29.5 Å². The molecule has 0 bridgehead atoms. The molecule has 0 fully saturated rings. The fourth-order valence-corrected chi connectivity index (χ4v) is 3.75. The van der Waals surface area contributed by atoms with Gasteiger partial charge in [-0.05, 0) is 29.8 Å². The lowest BCUT2D eigenvalue weighted by molar-refractivity contribution is -0.385. The standard InChI is InChI=1S/C27H25F3N4O8/c1-15(2)22(35)12-31-20-11-21(33(13-23(36)37)25(38)24(20)34(40)41)17-8-18(27(28,29)30)10-19(9-17)32-26(39)42-14-16-6-4-3-5-7-16/h3-11,15,31H,12-14H2,1-2H3,(H,32,39)(H,36,37). The fourth-order valence-electron chi connectivity index (χ4n) is 3.75. The number of aliphatic carboxylic acids is 1. The maximum Gasteiger partial charge on any atom is 0.416 e. The summed E-state index contributed by atoms with van der Waals surface area (Å²) in [7, 11) is 0. The molecule has 222 valence electrons. The highest BCUT2D eigenvalue weighted by molar-refractivity contribution is 5.87. The zero-order valence-electron chi connectivity index (χ0n) is 22.2. The molecule has 15 heteroatoms. The largest absolute Gasteiger partial charge is 0.480 e. The number of carboxylic acid groups (broad SMARTS) is 1. The highest BCUT2D eigenvalue weighted by Crippen LogP contribution is 2.36. The molecule has 3 rings (SSSR count). The van der Waals surface area contributed by atoms with E-state index in [1.807, 2.05) is 0 Å². The highest BCUT2D eigenvalue weighted by Gasteiger charge is 2.33.